The van der Waals surface area contributed by atoms with E-state index in [0.717, 1.165) is 12.2 Å². The molecule has 0 saturated carbocycles. The molecular formula is C38H45N3Si. The average Bonchev–Trinajstić information content (AvgIpc) is 3.32. The molecule has 6 rings (SSSR count). The van der Waals surface area contributed by atoms with Gasteiger partial charge in [-0.25, -0.2) is 4.98 Å². The largest absolute Gasteiger partial charge is 0.317 e. The van der Waals surface area contributed by atoms with Crippen molar-refractivity contribution in [1.29, 1.82) is 0 Å². The molecule has 3 unspecified atom stereocenters. The lowest BCUT2D eigenvalue weighted by Gasteiger charge is -2.53. The molecule has 1 aromatic heterocycles. The van der Waals surface area contributed by atoms with Crippen LogP contribution in [0.3, 0.4) is 0 Å². The van der Waals surface area contributed by atoms with E-state index in [1.807, 2.05) is 0 Å². The molecule has 4 aromatic rings. The number of benzene rings is 3. The van der Waals surface area contributed by atoms with E-state index in [9.17, 15) is 0 Å². The van der Waals surface area contributed by atoms with Crippen molar-refractivity contribution in [3.05, 3.63) is 115 Å². The topological polar surface area (TPSA) is 19.4 Å². The third-order valence-corrected chi connectivity index (χ3v) is 16.8. The first kappa shape index (κ1) is 28.5. The second-order valence-electron chi connectivity index (χ2n) is 14.2. The minimum absolute atomic E-state index is 0.0298. The third-order valence-electron chi connectivity index (χ3n) is 9.92. The summed E-state index contributed by atoms with van der Waals surface area (Å²) in [5, 5.41) is 3.01. The van der Waals surface area contributed by atoms with E-state index in [4.69, 9.17) is 4.98 Å². The van der Waals surface area contributed by atoms with Crippen molar-refractivity contribution >= 4 is 41.3 Å². The van der Waals surface area contributed by atoms with Crippen LogP contribution in [0, 0.1) is 5.92 Å². The van der Waals surface area contributed by atoms with Gasteiger partial charge in [0.2, 0.25) is 0 Å². The first-order valence-electron chi connectivity index (χ1n) is 15.4. The van der Waals surface area contributed by atoms with Crippen LogP contribution in [0.2, 0.25) is 10.1 Å². The molecule has 0 fully saturated rings. The molecule has 3 atom stereocenters. The number of nitrogens with zero attached hydrogens (tertiary/aromatic N) is 3. The number of hydrogen-bond donors (Lipinski definition) is 0. The Bertz CT molecular complexity index is 1570. The second kappa shape index (κ2) is 10.3. The number of aromatic nitrogens is 1. The molecule has 0 spiro atoms. The smallest absolute Gasteiger partial charge is 0.158 e. The molecule has 0 radical (unpaired) electrons. The SMILES string of the molecule is C=CCC1c2ccccc2N2c3nccc([Si](c4ccccc4)(C(C)(C)C)C(C)(C)C)c3N(c3ccccc3)C2C1C. The van der Waals surface area contributed by atoms with Crippen molar-refractivity contribution in [3.8, 4) is 0 Å². The predicted molar refractivity (Wildman–Crippen MR) is 183 cm³/mol. The first-order chi connectivity index (χ1) is 20.0. The Morgan fingerprint density at radius 3 is 2.00 bits per heavy atom. The van der Waals surface area contributed by atoms with Gasteiger partial charge >= 0.3 is 0 Å². The highest BCUT2D eigenvalue weighted by atomic mass is 28.3. The maximum Gasteiger partial charge on any atom is 0.158 e. The van der Waals surface area contributed by atoms with Crippen LogP contribution in [0.5, 0.6) is 0 Å². The van der Waals surface area contributed by atoms with Gasteiger partial charge in [-0.05, 0) is 57.4 Å². The van der Waals surface area contributed by atoms with Crippen molar-refractivity contribution in [1.82, 2.24) is 4.98 Å². The Morgan fingerprint density at radius 1 is 0.786 bits per heavy atom. The highest BCUT2D eigenvalue weighted by Gasteiger charge is 2.59. The monoisotopic (exact) mass is 571 g/mol. The Hall–Kier alpha value is -3.63. The van der Waals surface area contributed by atoms with Crippen LogP contribution in [0.4, 0.5) is 22.9 Å². The van der Waals surface area contributed by atoms with E-state index >= 15 is 0 Å². The van der Waals surface area contributed by atoms with Gasteiger partial charge in [-0.3, -0.25) is 0 Å². The average molecular weight is 572 g/mol. The quantitative estimate of drug-likeness (QED) is 0.176. The first-order valence-corrected chi connectivity index (χ1v) is 17.4. The normalized spacial score (nSPS) is 20.1. The molecule has 0 saturated heterocycles. The van der Waals surface area contributed by atoms with E-state index < -0.39 is 8.07 Å². The fourth-order valence-corrected chi connectivity index (χ4v) is 16.3. The number of hydrogen-bond acceptors (Lipinski definition) is 3. The van der Waals surface area contributed by atoms with Crippen molar-refractivity contribution < 1.29 is 0 Å². The summed E-state index contributed by atoms with van der Waals surface area (Å²) in [6.45, 7) is 21.4. The van der Waals surface area contributed by atoms with Crippen molar-refractivity contribution in [3.63, 3.8) is 0 Å². The number of para-hydroxylation sites is 2. The number of allylic oxidation sites excluding steroid dienone is 1. The summed E-state index contributed by atoms with van der Waals surface area (Å²) in [6.07, 6.45) is 5.25. The summed E-state index contributed by atoms with van der Waals surface area (Å²) in [6, 6.07) is 33.8. The summed E-state index contributed by atoms with van der Waals surface area (Å²) >= 11 is 0. The molecule has 2 aliphatic rings. The standard InChI is InChI=1S/C38H45N3Si/c1-9-18-30-27(2)36-40(28-19-12-10-13-20-28)34-33(25-26-39-35(34)41(36)32-24-17-16-23-31(30)32)42(37(3,4)5,38(6,7)8)29-21-14-11-15-22-29/h9-17,19-27,30,36H,1,18H2,2-8H3. The molecule has 4 heteroatoms. The fourth-order valence-electron chi connectivity index (χ4n) is 8.81. The maximum atomic E-state index is 5.24. The summed E-state index contributed by atoms with van der Waals surface area (Å²) < 4.78 is 0. The molecule has 42 heavy (non-hydrogen) atoms. The Kier molecular flexibility index (Phi) is 6.97. The van der Waals surface area contributed by atoms with Crippen LogP contribution in [-0.4, -0.2) is 19.2 Å². The van der Waals surface area contributed by atoms with E-state index in [2.05, 4.69) is 168 Å². The van der Waals surface area contributed by atoms with Gasteiger partial charge in [0.1, 0.15) is 14.2 Å². The van der Waals surface area contributed by atoms with Crippen molar-refractivity contribution in [2.75, 3.05) is 9.80 Å². The summed E-state index contributed by atoms with van der Waals surface area (Å²) in [5.74, 6) is 1.81. The van der Waals surface area contributed by atoms with E-state index in [1.54, 1.807) is 0 Å². The van der Waals surface area contributed by atoms with E-state index in [1.165, 1.54) is 33.0 Å². The van der Waals surface area contributed by atoms with Gasteiger partial charge in [0.05, 0.1) is 5.69 Å². The van der Waals surface area contributed by atoms with Gasteiger partial charge in [-0.15, -0.1) is 6.58 Å². The molecule has 0 bridgehead atoms. The lowest BCUT2D eigenvalue weighted by molar-refractivity contribution is 0.369. The van der Waals surface area contributed by atoms with Crippen LogP contribution < -0.4 is 20.2 Å². The van der Waals surface area contributed by atoms with Gasteiger partial charge < -0.3 is 9.80 Å². The molecule has 0 aliphatic carbocycles. The zero-order chi connectivity index (χ0) is 29.9. The number of pyridine rings is 1. The Labute approximate surface area is 253 Å². The molecule has 2 aliphatic heterocycles. The van der Waals surface area contributed by atoms with Crippen molar-refractivity contribution in [2.45, 2.75) is 77.0 Å². The molecular weight excluding hydrogens is 527 g/mol. The minimum Gasteiger partial charge on any atom is -0.317 e. The number of fused-ring (bicyclic) bond motifs is 5. The van der Waals surface area contributed by atoms with Gasteiger partial charge in [-0.2, -0.15) is 0 Å². The highest BCUT2D eigenvalue weighted by Crippen LogP contribution is 2.58. The maximum absolute atomic E-state index is 5.24. The summed E-state index contributed by atoms with van der Waals surface area (Å²) in [4.78, 5) is 10.4. The van der Waals surface area contributed by atoms with E-state index in [0.29, 0.717) is 11.8 Å². The van der Waals surface area contributed by atoms with Crippen molar-refractivity contribution in [2.24, 2.45) is 5.92 Å². The molecule has 216 valence electrons. The Morgan fingerprint density at radius 2 is 1.38 bits per heavy atom. The Balaban J connectivity index is 1.74. The molecule has 0 N–H and O–H groups in total. The molecule has 0 amide bonds. The zero-order valence-corrected chi connectivity index (χ0v) is 27.3. The summed E-state index contributed by atoms with van der Waals surface area (Å²) in [5.41, 5.74) is 5.18. The number of rotatable bonds is 5. The highest BCUT2D eigenvalue weighted by molar-refractivity contribution is 7.07. The number of anilines is 4. The van der Waals surface area contributed by atoms with Crippen LogP contribution >= 0.6 is 0 Å². The molecule has 3 nitrogen and oxygen atoms in total. The lowest BCUT2D eigenvalue weighted by atomic mass is 9.78. The van der Waals surface area contributed by atoms with Crippen LogP contribution in [0.15, 0.2) is 110 Å². The van der Waals surface area contributed by atoms with Crippen LogP contribution in [-0.2, 0) is 0 Å². The van der Waals surface area contributed by atoms with Gasteiger partial charge in [0.25, 0.3) is 0 Å². The molecule has 3 aromatic carbocycles. The van der Waals surface area contributed by atoms with E-state index in [-0.39, 0.29) is 16.2 Å². The van der Waals surface area contributed by atoms with Gasteiger partial charge in [0, 0.05) is 23.5 Å². The lowest BCUT2D eigenvalue weighted by Crippen LogP contribution is -2.70. The molecule has 3 heterocycles. The minimum atomic E-state index is -2.52. The third kappa shape index (κ3) is 4.02. The zero-order valence-electron chi connectivity index (χ0n) is 26.3. The predicted octanol–water partition coefficient (Wildman–Crippen LogP) is 9.17. The fraction of sp³-hybridized carbons (Fsp3) is 0.342. The van der Waals surface area contributed by atoms with Gasteiger partial charge in [0.15, 0.2) is 5.82 Å². The van der Waals surface area contributed by atoms with Crippen LogP contribution in [0.1, 0.15) is 66.4 Å². The summed E-state index contributed by atoms with van der Waals surface area (Å²) in [7, 11) is -2.52. The van der Waals surface area contributed by atoms with Gasteiger partial charge in [-0.1, -0.05) is 126 Å². The van der Waals surface area contributed by atoms with Crippen LogP contribution in [0.25, 0.3) is 0 Å². The second-order valence-corrected chi connectivity index (χ2v) is 19.8.